The van der Waals surface area contributed by atoms with Gasteiger partial charge in [0.1, 0.15) is 12.4 Å². The minimum Gasteiger partial charge on any atom is -0.473 e. The van der Waals surface area contributed by atoms with Crippen LogP contribution in [0.5, 0.6) is 5.88 Å². The van der Waals surface area contributed by atoms with Crippen LogP contribution >= 0.6 is 0 Å². The molecule has 0 aliphatic rings. The zero-order chi connectivity index (χ0) is 20.1. The molecule has 28 heavy (non-hydrogen) atoms. The fourth-order valence-electron chi connectivity index (χ4n) is 2.81. The summed E-state index contributed by atoms with van der Waals surface area (Å²) in [4.78, 5) is 0. The predicted molar refractivity (Wildman–Crippen MR) is 98.3 cm³/mol. The van der Waals surface area contributed by atoms with E-state index >= 15 is 0 Å². The fraction of sp³-hybridized carbons (Fsp3) is 0.286. The van der Waals surface area contributed by atoms with Crippen molar-refractivity contribution >= 4 is 0 Å². The van der Waals surface area contributed by atoms with E-state index in [1.165, 1.54) is 0 Å². The number of ether oxygens (including phenoxy) is 1. The Morgan fingerprint density at radius 3 is 2.32 bits per heavy atom. The average Bonchev–Trinajstić information content (AvgIpc) is 3.06. The van der Waals surface area contributed by atoms with Crippen molar-refractivity contribution in [2.45, 2.75) is 39.5 Å². The van der Waals surface area contributed by atoms with Gasteiger partial charge in [-0.1, -0.05) is 37.6 Å². The van der Waals surface area contributed by atoms with Gasteiger partial charge < -0.3 is 9.84 Å². The molecule has 0 radical (unpaired) electrons. The van der Waals surface area contributed by atoms with Crippen LogP contribution < -0.4 is 4.74 Å². The number of halogens is 3. The third-order valence-electron chi connectivity index (χ3n) is 4.30. The highest BCUT2D eigenvalue weighted by molar-refractivity contribution is 5.25. The van der Waals surface area contributed by atoms with Gasteiger partial charge in [0.25, 0.3) is 0 Å². The third-order valence-corrected chi connectivity index (χ3v) is 4.30. The average molecular weight is 390 g/mol. The molecule has 148 valence electrons. The second kappa shape index (κ2) is 8.93. The Balaban J connectivity index is 1.80. The van der Waals surface area contributed by atoms with E-state index in [2.05, 4.69) is 5.10 Å². The number of benzene rings is 2. The first-order valence-electron chi connectivity index (χ1n) is 9.01. The standard InChI is InChI=1S/C21H21F3N2O2/c1-2-3-17-9-21(28-13-16-8-19(23)20(24)10-18(16)22)26(25-17)11-14-4-6-15(12-27)7-5-14/h4-10,27H,2-3,11-13H2,1H3. The van der Waals surface area contributed by atoms with Crippen LogP contribution in [0.4, 0.5) is 13.2 Å². The van der Waals surface area contributed by atoms with Crippen LogP contribution in [0, 0.1) is 17.5 Å². The lowest BCUT2D eigenvalue weighted by Crippen LogP contribution is -2.08. The lowest BCUT2D eigenvalue weighted by atomic mass is 10.1. The van der Waals surface area contributed by atoms with Crippen LogP contribution in [-0.2, 0) is 26.2 Å². The van der Waals surface area contributed by atoms with E-state index in [9.17, 15) is 13.2 Å². The first kappa shape index (κ1) is 19.9. The van der Waals surface area contributed by atoms with E-state index in [1.54, 1.807) is 10.7 Å². The minimum atomic E-state index is -1.23. The van der Waals surface area contributed by atoms with Crippen molar-refractivity contribution in [2.24, 2.45) is 0 Å². The van der Waals surface area contributed by atoms with E-state index in [1.807, 2.05) is 31.2 Å². The molecule has 3 aromatic rings. The monoisotopic (exact) mass is 390 g/mol. The van der Waals surface area contributed by atoms with Gasteiger partial charge in [-0.05, 0) is 23.6 Å². The zero-order valence-electron chi connectivity index (χ0n) is 15.5. The summed E-state index contributed by atoms with van der Waals surface area (Å²) in [5.41, 5.74) is 2.51. The van der Waals surface area contributed by atoms with E-state index < -0.39 is 17.5 Å². The Hall–Kier alpha value is -2.80. The van der Waals surface area contributed by atoms with Crippen molar-refractivity contribution in [1.82, 2.24) is 9.78 Å². The number of rotatable bonds is 8. The SMILES string of the molecule is CCCc1cc(OCc2cc(F)c(F)cc2F)n(Cc2ccc(CO)cc2)n1. The lowest BCUT2D eigenvalue weighted by Gasteiger charge is -2.10. The minimum absolute atomic E-state index is 0.0309. The van der Waals surface area contributed by atoms with Crippen molar-refractivity contribution < 1.29 is 23.0 Å². The molecule has 0 atom stereocenters. The summed E-state index contributed by atoms with van der Waals surface area (Å²) in [6.07, 6.45) is 1.66. The first-order chi connectivity index (χ1) is 13.5. The summed E-state index contributed by atoms with van der Waals surface area (Å²) >= 11 is 0. The highest BCUT2D eigenvalue weighted by Crippen LogP contribution is 2.21. The number of nitrogens with zero attached hydrogens (tertiary/aromatic N) is 2. The van der Waals surface area contributed by atoms with Gasteiger partial charge in [0.15, 0.2) is 11.6 Å². The molecule has 0 aliphatic carbocycles. The van der Waals surface area contributed by atoms with Gasteiger partial charge >= 0.3 is 0 Å². The second-order valence-electron chi connectivity index (χ2n) is 6.50. The molecule has 0 saturated carbocycles. The zero-order valence-corrected chi connectivity index (χ0v) is 15.5. The molecule has 0 aliphatic heterocycles. The summed E-state index contributed by atoms with van der Waals surface area (Å²) in [5, 5.41) is 13.7. The Kier molecular flexibility index (Phi) is 6.36. The van der Waals surface area contributed by atoms with Crippen molar-refractivity contribution in [2.75, 3.05) is 0 Å². The van der Waals surface area contributed by atoms with Crippen LogP contribution in [0.3, 0.4) is 0 Å². The Bertz CT molecular complexity index is 940. The molecule has 0 fully saturated rings. The van der Waals surface area contributed by atoms with E-state index in [-0.39, 0.29) is 18.8 Å². The van der Waals surface area contributed by atoms with Gasteiger partial charge in [0, 0.05) is 17.7 Å². The molecule has 2 aromatic carbocycles. The van der Waals surface area contributed by atoms with Crippen LogP contribution in [0.15, 0.2) is 42.5 Å². The molecule has 7 heteroatoms. The van der Waals surface area contributed by atoms with Gasteiger partial charge in [-0.15, -0.1) is 0 Å². The molecular formula is C21H21F3N2O2. The maximum atomic E-state index is 13.8. The van der Waals surface area contributed by atoms with E-state index in [0.717, 1.165) is 35.7 Å². The van der Waals surface area contributed by atoms with Crippen molar-refractivity contribution in [3.8, 4) is 5.88 Å². The largest absolute Gasteiger partial charge is 0.473 e. The van der Waals surface area contributed by atoms with Crippen LogP contribution in [0.1, 0.15) is 35.7 Å². The summed E-state index contributed by atoms with van der Waals surface area (Å²) in [7, 11) is 0. The maximum absolute atomic E-state index is 13.8. The topological polar surface area (TPSA) is 47.3 Å². The number of aliphatic hydroxyl groups is 1. The number of hydrogen-bond donors (Lipinski definition) is 1. The van der Waals surface area contributed by atoms with Crippen molar-refractivity contribution in [3.05, 3.63) is 82.3 Å². The van der Waals surface area contributed by atoms with Gasteiger partial charge in [-0.2, -0.15) is 5.10 Å². The molecule has 0 amide bonds. The Labute approximate surface area is 161 Å². The molecule has 0 unspecified atom stereocenters. The summed E-state index contributed by atoms with van der Waals surface area (Å²) < 4.78 is 47.6. The van der Waals surface area contributed by atoms with Crippen LogP contribution in [-0.4, -0.2) is 14.9 Å². The molecule has 1 heterocycles. The normalized spacial score (nSPS) is 11.0. The molecule has 0 spiro atoms. The molecule has 1 N–H and O–H groups in total. The number of hydrogen-bond acceptors (Lipinski definition) is 3. The van der Waals surface area contributed by atoms with Crippen LogP contribution in [0.25, 0.3) is 0 Å². The number of aryl methyl sites for hydroxylation is 1. The highest BCUT2D eigenvalue weighted by Gasteiger charge is 2.14. The number of aliphatic hydroxyl groups excluding tert-OH is 1. The molecule has 0 saturated heterocycles. The quantitative estimate of drug-likeness (QED) is 0.581. The summed E-state index contributed by atoms with van der Waals surface area (Å²) in [5.74, 6) is -2.80. The fourth-order valence-corrected chi connectivity index (χ4v) is 2.81. The lowest BCUT2D eigenvalue weighted by molar-refractivity contribution is 0.269. The molecular weight excluding hydrogens is 369 g/mol. The summed E-state index contributed by atoms with van der Waals surface area (Å²) in [6.45, 7) is 2.18. The van der Waals surface area contributed by atoms with Crippen LogP contribution in [0.2, 0.25) is 0 Å². The van der Waals surface area contributed by atoms with Gasteiger partial charge in [-0.25, -0.2) is 17.9 Å². The first-order valence-corrected chi connectivity index (χ1v) is 9.01. The van der Waals surface area contributed by atoms with Crippen molar-refractivity contribution in [3.63, 3.8) is 0 Å². The van der Waals surface area contributed by atoms with Crippen molar-refractivity contribution in [1.29, 1.82) is 0 Å². The molecule has 3 rings (SSSR count). The number of aromatic nitrogens is 2. The summed E-state index contributed by atoms with van der Waals surface area (Å²) in [6, 6.07) is 10.5. The van der Waals surface area contributed by atoms with E-state index in [0.29, 0.717) is 18.5 Å². The van der Waals surface area contributed by atoms with E-state index in [4.69, 9.17) is 9.84 Å². The smallest absolute Gasteiger partial charge is 0.212 e. The molecule has 0 bridgehead atoms. The molecule has 4 nitrogen and oxygen atoms in total. The Morgan fingerprint density at radius 2 is 1.64 bits per heavy atom. The predicted octanol–water partition coefficient (Wildman–Crippen LogP) is 4.37. The van der Waals surface area contributed by atoms with Gasteiger partial charge in [0.05, 0.1) is 18.8 Å². The molecule has 1 aromatic heterocycles. The second-order valence-corrected chi connectivity index (χ2v) is 6.50. The Morgan fingerprint density at radius 1 is 0.964 bits per heavy atom. The highest BCUT2D eigenvalue weighted by atomic mass is 19.2. The third kappa shape index (κ3) is 4.72. The van der Waals surface area contributed by atoms with Gasteiger partial charge in [0.2, 0.25) is 5.88 Å². The maximum Gasteiger partial charge on any atom is 0.212 e. The van der Waals surface area contributed by atoms with Gasteiger partial charge in [-0.3, -0.25) is 0 Å².